The zero-order valence-electron chi connectivity index (χ0n) is 11.8. The lowest BCUT2D eigenvalue weighted by Crippen LogP contribution is -2.25. The highest BCUT2D eigenvalue weighted by Crippen LogP contribution is 2.49. The van der Waals surface area contributed by atoms with E-state index in [4.69, 9.17) is 14.6 Å². The fourth-order valence-electron chi connectivity index (χ4n) is 3.01. The van der Waals surface area contributed by atoms with Crippen LogP contribution in [-0.2, 0) is 15.9 Å². The molecule has 2 N–H and O–H groups in total. The van der Waals surface area contributed by atoms with Crippen LogP contribution in [0.5, 0.6) is 0 Å². The van der Waals surface area contributed by atoms with Crippen LogP contribution in [0.2, 0.25) is 0 Å². The second-order valence-electron chi connectivity index (χ2n) is 5.78. The summed E-state index contributed by atoms with van der Waals surface area (Å²) in [5, 5.41) is 9.05. The van der Waals surface area contributed by atoms with Crippen molar-refractivity contribution >= 4 is 5.97 Å². The topological polar surface area (TPSA) is 71.5 Å². The lowest BCUT2D eigenvalue weighted by Gasteiger charge is -2.30. The van der Waals surface area contributed by atoms with Crippen LogP contribution in [0.3, 0.4) is 0 Å². The van der Waals surface area contributed by atoms with Gasteiger partial charge in [0.1, 0.15) is 5.69 Å². The number of methoxy groups -OCH3 is 2. The van der Waals surface area contributed by atoms with Gasteiger partial charge in [-0.1, -0.05) is 13.8 Å². The number of aromatic amines is 1. The Bertz CT molecular complexity index is 474. The molecule has 1 aliphatic rings. The highest BCUT2D eigenvalue weighted by Gasteiger charge is 2.41. The zero-order valence-corrected chi connectivity index (χ0v) is 11.8. The van der Waals surface area contributed by atoms with Crippen molar-refractivity contribution in [3.8, 4) is 0 Å². The van der Waals surface area contributed by atoms with Gasteiger partial charge in [0.05, 0.1) is 0 Å². The molecule has 1 heterocycles. The van der Waals surface area contributed by atoms with E-state index in [2.05, 4.69) is 18.8 Å². The van der Waals surface area contributed by atoms with Gasteiger partial charge in [-0.25, -0.2) is 4.79 Å². The molecule has 0 saturated carbocycles. The number of aromatic carboxylic acids is 1. The second kappa shape index (κ2) is 4.98. The maximum absolute atomic E-state index is 11.0. The number of rotatable bonds is 5. The van der Waals surface area contributed by atoms with Crippen LogP contribution in [0.25, 0.3) is 0 Å². The molecule has 1 unspecified atom stereocenters. The van der Waals surface area contributed by atoms with E-state index in [0.29, 0.717) is 0 Å². The van der Waals surface area contributed by atoms with Gasteiger partial charge in [0.15, 0.2) is 6.29 Å². The summed E-state index contributed by atoms with van der Waals surface area (Å²) in [7, 11) is 3.24. The molecule has 0 amide bonds. The molecule has 0 saturated heterocycles. The first-order chi connectivity index (χ1) is 8.89. The highest BCUT2D eigenvalue weighted by atomic mass is 16.7. The van der Waals surface area contributed by atoms with E-state index in [0.717, 1.165) is 24.1 Å². The SMILES string of the molecule is COC(CC1c2cc(C(=O)O)[nH]c2CC1(C)C)OC. The van der Waals surface area contributed by atoms with E-state index >= 15 is 0 Å². The molecule has 0 fully saturated rings. The van der Waals surface area contributed by atoms with Gasteiger partial charge in [-0.15, -0.1) is 0 Å². The molecule has 19 heavy (non-hydrogen) atoms. The number of hydrogen-bond donors (Lipinski definition) is 2. The summed E-state index contributed by atoms with van der Waals surface area (Å²) in [6, 6.07) is 1.75. The minimum absolute atomic E-state index is 0.0769. The monoisotopic (exact) mass is 267 g/mol. The van der Waals surface area contributed by atoms with Crippen LogP contribution >= 0.6 is 0 Å². The van der Waals surface area contributed by atoms with Crippen molar-refractivity contribution < 1.29 is 19.4 Å². The predicted octanol–water partition coefficient (Wildman–Crippen LogP) is 2.39. The minimum atomic E-state index is -0.916. The van der Waals surface area contributed by atoms with Crippen molar-refractivity contribution in [1.82, 2.24) is 4.98 Å². The summed E-state index contributed by atoms with van der Waals surface area (Å²) >= 11 is 0. The van der Waals surface area contributed by atoms with Gasteiger partial charge >= 0.3 is 5.97 Å². The molecular weight excluding hydrogens is 246 g/mol. The molecule has 0 radical (unpaired) electrons. The van der Waals surface area contributed by atoms with Gasteiger partial charge in [0, 0.05) is 26.3 Å². The predicted molar refractivity (Wildman–Crippen MR) is 70.4 cm³/mol. The number of carboxylic acids is 1. The summed E-state index contributed by atoms with van der Waals surface area (Å²) in [6.45, 7) is 4.38. The molecule has 1 atom stereocenters. The lowest BCUT2D eigenvalue weighted by molar-refractivity contribution is -0.113. The summed E-state index contributed by atoms with van der Waals surface area (Å²) < 4.78 is 10.6. The van der Waals surface area contributed by atoms with Crippen LogP contribution in [0.1, 0.15) is 47.9 Å². The third kappa shape index (κ3) is 2.53. The third-order valence-corrected chi connectivity index (χ3v) is 4.07. The van der Waals surface area contributed by atoms with Crippen molar-refractivity contribution in [2.75, 3.05) is 14.2 Å². The molecule has 5 heteroatoms. The first-order valence-electron chi connectivity index (χ1n) is 6.39. The molecule has 2 rings (SSSR count). The molecule has 0 aromatic carbocycles. The Hall–Kier alpha value is -1.33. The number of H-pyrrole nitrogens is 1. The van der Waals surface area contributed by atoms with Crippen molar-refractivity contribution in [1.29, 1.82) is 0 Å². The second-order valence-corrected chi connectivity index (χ2v) is 5.78. The van der Waals surface area contributed by atoms with E-state index in [9.17, 15) is 4.79 Å². The van der Waals surface area contributed by atoms with E-state index in [1.807, 2.05) is 0 Å². The van der Waals surface area contributed by atoms with Crippen LogP contribution in [0.4, 0.5) is 0 Å². The van der Waals surface area contributed by atoms with Gasteiger partial charge < -0.3 is 19.6 Å². The van der Waals surface area contributed by atoms with E-state index in [1.165, 1.54) is 0 Å². The number of carbonyl (C=O) groups is 1. The van der Waals surface area contributed by atoms with E-state index < -0.39 is 5.97 Å². The molecule has 106 valence electrons. The van der Waals surface area contributed by atoms with E-state index in [1.54, 1.807) is 20.3 Å². The van der Waals surface area contributed by atoms with Gasteiger partial charge in [-0.3, -0.25) is 0 Å². The average molecular weight is 267 g/mol. The normalized spacial score (nSPS) is 20.8. The number of aromatic nitrogens is 1. The van der Waals surface area contributed by atoms with Crippen LogP contribution in [-0.4, -0.2) is 36.6 Å². The van der Waals surface area contributed by atoms with Gasteiger partial charge in [-0.05, 0) is 29.4 Å². The summed E-state index contributed by atoms with van der Waals surface area (Å²) in [5.41, 5.74) is 2.45. The van der Waals surface area contributed by atoms with Crippen molar-refractivity contribution in [2.45, 2.75) is 38.9 Å². The largest absolute Gasteiger partial charge is 0.477 e. The third-order valence-electron chi connectivity index (χ3n) is 4.07. The molecule has 0 bridgehead atoms. The van der Waals surface area contributed by atoms with Crippen molar-refractivity contribution in [3.05, 3.63) is 23.0 Å². The standard InChI is InChI=1S/C14H21NO4/c1-14(2)7-11-8(5-10(15-11)13(16)17)9(14)6-12(18-3)19-4/h5,9,12,15H,6-7H2,1-4H3,(H,16,17). The zero-order chi connectivity index (χ0) is 14.2. The first-order valence-corrected chi connectivity index (χ1v) is 6.39. The Kier molecular flexibility index (Phi) is 3.69. The molecule has 1 aromatic heterocycles. The fourth-order valence-corrected chi connectivity index (χ4v) is 3.01. The van der Waals surface area contributed by atoms with Gasteiger partial charge in [0.25, 0.3) is 0 Å². The van der Waals surface area contributed by atoms with Crippen molar-refractivity contribution in [2.24, 2.45) is 5.41 Å². The molecular formula is C14H21NO4. The number of hydrogen-bond acceptors (Lipinski definition) is 3. The average Bonchev–Trinajstić information content (AvgIpc) is 2.82. The molecule has 1 aliphatic carbocycles. The Morgan fingerprint density at radius 2 is 2.16 bits per heavy atom. The molecule has 5 nitrogen and oxygen atoms in total. The summed E-state index contributed by atoms with van der Waals surface area (Å²) in [6.07, 6.45) is 1.31. The summed E-state index contributed by atoms with van der Waals surface area (Å²) in [5.74, 6) is -0.683. The fraction of sp³-hybridized carbons (Fsp3) is 0.643. The smallest absolute Gasteiger partial charge is 0.352 e. The van der Waals surface area contributed by atoms with E-state index in [-0.39, 0.29) is 23.3 Å². The Labute approximate surface area is 112 Å². The Balaban J connectivity index is 2.29. The van der Waals surface area contributed by atoms with Crippen LogP contribution < -0.4 is 0 Å². The minimum Gasteiger partial charge on any atom is -0.477 e. The number of fused-ring (bicyclic) bond motifs is 1. The lowest BCUT2D eigenvalue weighted by atomic mass is 9.77. The maximum atomic E-state index is 11.0. The van der Waals surface area contributed by atoms with Crippen LogP contribution in [0, 0.1) is 5.41 Å². The van der Waals surface area contributed by atoms with Crippen LogP contribution in [0.15, 0.2) is 6.07 Å². The van der Waals surface area contributed by atoms with Gasteiger partial charge in [0.2, 0.25) is 0 Å². The molecule has 0 spiro atoms. The Morgan fingerprint density at radius 3 is 2.68 bits per heavy atom. The van der Waals surface area contributed by atoms with Crippen molar-refractivity contribution in [3.63, 3.8) is 0 Å². The molecule has 1 aromatic rings. The van der Waals surface area contributed by atoms with Gasteiger partial charge in [-0.2, -0.15) is 0 Å². The number of ether oxygens (including phenoxy) is 2. The number of carboxylic acid groups (broad SMARTS) is 1. The first kappa shape index (κ1) is 14.1. The number of nitrogens with one attached hydrogen (secondary N) is 1. The Morgan fingerprint density at radius 1 is 1.53 bits per heavy atom. The quantitative estimate of drug-likeness (QED) is 0.803. The summed E-state index contributed by atoms with van der Waals surface area (Å²) in [4.78, 5) is 14.0. The molecule has 0 aliphatic heterocycles. The maximum Gasteiger partial charge on any atom is 0.352 e. The highest BCUT2D eigenvalue weighted by molar-refractivity contribution is 5.86.